The molecule has 1 fully saturated rings. The first-order chi connectivity index (χ1) is 20.2. The Morgan fingerprint density at radius 1 is 1.05 bits per heavy atom. The number of nitrogens with one attached hydrogen (secondary N) is 1. The first-order valence-corrected chi connectivity index (χ1v) is 14.1. The van der Waals surface area contributed by atoms with Crippen molar-refractivity contribution >= 4 is 23.5 Å². The van der Waals surface area contributed by atoms with Gasteiger partial charge < -0.3 is 34.6 Å². The summed E-state index contributed by atoms with van der Waals surface area (Å²) in [6.07, 6.45) is -6.23. The predicted molar refractivity (Wildman–Crippen MR) is 149 cm³/mol. The highest BCUT2D eigenvalue weighted by molar-refractivity contribution is 6.02. The molecule has 0 aliphatic carbocycles. The van der Waals surface area contributed by atoms with Crippen LogP contribution in [0.25, 0.3) is 0 Å². The number of anilines is 1. The molecule has 2 aliphatic rings. The van der Waals surface area contributed by atoms with E-state index in [4.69, 9.17) is 14.2 Å². The average Bonchev–Trinajstić information content (AvgIpc) is 3.12. The van der Waals surface area contributed by atoms with Crippen LogP contribution in [-0.4, -0.2) is 101 Å². The van der Waals surface area contributed by atoms with Crippen molar-refractivity contribution in [1.82, 2.24) is 5.32 Å². The van der Waals surface area contributed by atoms with Gasteiger partial charge in [0.1, 0.15) is 37.0 Å². The number of ether oxygens (including phenoxy) is 3. The Bertz CT molecular complexity index is 1210. The van der Waals surface area contributed by atoms with Crippen LogP contribution in [0.4, 0.5) is 5.69 Å². The van der Waals surface area contributed by atoms with Gasteiger partial charge in [0.05, 0.1) is 19.3 Å². The van der Waals surface area contributed by atoms with Crippen LogP contribution in [0.5, 0.6) is 0 Å². The van der Waals surface area contributed by atoms with Gasteiger partial charge in [0.15, 0.2) is 0 Å². The number of fused-ring (bicyclic) bond motifs is 1. The Morgan fingerprint density at radius 3 is 2.48 bits per heavy atom. The molecule has 12 nitrogen and oxygen atoms in total. The standard InChI is InChI=1S/C30H38N2O10/c1-2-40-29(39)21(14-12-18-8-4-3-5-9-18)31-20-15-13-19-10-6-7-11-22(19)32(28(20)38)16-24(34)42-30-27(37)26(36)25(35)23(17-33)41-30/h3-11,20-21,23,25-27,30-31,33,35-37H,2,12-17H2,1H3/t20-,21-,23+,25+,26-,27+,30-/m0/s1. The number of aryl methyl sites for hydroxylation is 2. The van der Waals surface area contributed by atoms with Gasteiger partial charge in [-0.1, -0.05) is 48.5 Å². The van der Waals surface area contributed by atoms with Gasteiger partial charge in [-0.25, -0.2) is 0 Å². The molecule has 1 amide bonds. The normalized spacial score (nSPS) is 26.6. The predicted octanol–water partition coefficient (Wildman–Crippen LogP) is -0.168. The van der Waals surface area contributed by atoms with Crippen LogP contribution in [0, 0.1) is 0 Å². The molecule has 0 bridgehead atoms. The van der Waals surface area contributed by atoms with Crippen LogP contribution in [0.15, 0.2) is 54.6 Å². The van der Waals surface area contributed by atoms with E-state index in [0.717, 1.165) is 11.1 Å². The molecule has 0 radical (unpaired) electrons. The van der Waals surface area contributed by atoms with Crippen molar-refractivity contribution in [3.05, 3.63) is 65.7 Å². The van der Waals surface area contributed by atoms with Gasteiger partial charge >= 0.3 is 11.9 Å². The van der Waals surface area contributed by atoms with E-state index < -0.39 is 73.8 Å². The minimum atomic E-state index is -1.77. The van der Waals surface area contributed by atoms with E-state index in [0.29, 0.717) is 31.4 Å². The molecule has 42 heavy (non-hydrogen) atoms. The lowest BCUT2D eigenvalue weighted by atomic mass is 9.99. The fraction of sp³-hybridized carbons (Fsp3) is 0.500. The zero-order chi connectivity index (χ0) is 30.2. The molecule has 0 spiro atoms. The molecule has 2 aromatic rings. The third-order valence-electron chi connectivity index (χ3n) is 7.47. The van der Waals surface area contributed by atoms with E-state index in [1.165, 1.54) is 4.90 Å². The molecule has 0 unspecified atom stereocenters. The van der Waals surface area contributed by atoms with Crippen LogP contribution in [0.1, 0.15) is 30.9 Å². The zero-order valence-corrected chi connectivity index (χ0v) is 23.4. The van der Waals surface area contributed by atoms with E-state index in [-0.39, 0.29) is 6.61 Å². The summed E-state index contributed by atoms with van der Waals surface area (Å²) in [5, 5.41) is 42.9. The number of rotatable bonds is 11. The summed E-state index contributed by atoms with van der Waals surface area (Å²) in [5.74, 6) is -1.88. The maximum absolute atomic E-state index is 13.9. The second kappa shape index (κ2) is 14.7. The van der Waals surface area contributed by atoms with Crippen LogP contribution in [0.2, 0.25) is 0 Å². The van der Waals surface area contributed by atoms with E-state index in [1.54, 1.807) is 19.1 Å². The number of hydrogen-bond donors (Lipinski definition) is 5. The average molecular weight is 587 g/mol. The van der Waals surface area contributed by atoms with Crippen molar-refractivity contribution < 1.29 is 49.0 Å². The molecule has 4 rings (SSSR count). The van der Waals surface area contributed by atoms with E-state index >= 15 is 0 Å². The number of para-hydroxylation sites is 1. The zero-order valence-electron chi connectivity index (χ0n) is 23.4. The third kappa shape index (κ3) is 7.51. The Labute approximate surface area is 243 Å². The molecule has 2 aliphatic heterocycles. The highest BCUT2D eigenvalue weighted by atomic mass is 16.7. The molecule has 7 atom stereocenters. The second-order valence-electron chi connectivity index (χ2n) is 10.3. The number of nitrogens with zero attached hydrogens (tertiary/aromatic N) is 1. The van der Waals surface area contributed by atoms with Crippen molar-refractivity contribution in [2.75, 3.05) is 24.7 Å². The highest BCUT2D eigenvalue weighted by Gasteiger charge is 2.45. The fourth-order valence-electron chi connectivity index (χ4n) is 5.20. The SMILES string of the molecule is CCOC(=O)[C@H](CCc1ccccc1)N[C@H]1CCc2ccccc2N(CC(=O)O[C@@H]2O[C@H](CO)[C@@H](O)[C@H](O)[C@H]2O)C1=O. The molecule has 0 saturated carbocycles. The summed E-state index contributed by atoms with van der Waals surface area (Å²) >= 11 is 0. The fourth-order valence-corrected chi connectivity index (χ4v) is 5.20. The lowest BCUT2D eigenvalue weighted by Gasteiger charge is -2.39. The van der Waals surface area contributed by atoms with Crippen molar-refractivity contribution in [2.45, 2.75) is 75.4 Å². The topological polar surface area (TPSA) is 175 Å². The van der Waals surface area contributed by atoms with Gasteiger partial charge in [-0.15, -0.1) is 0 Å². The van der Waals surface area contributed by atoms with E-state index in [2.05, 4.69) is 5.32 Å². The Balaban J connectivity index is 1.51. The molecule has 12 heteroatoms. The Kier molecular flexibility index (Phi) is 11.0. The lowest BCUT2D eigenvalue weighted by molar-refractivity contribution is -0.292. The highest BCUT2D eigenvalue weighted by Crippen LogP contribution is 2.28. The minimum Gasteiger partial charge on any atom is -0.465 e. The summed E-state index contributed by atoms with van der Waals surface area (Å²) in [4.78, 5) is 41.1. The number of aliphatic hydroxyl groups is 4. The summed E-state index contributed by atoms with van der Waals surface area (Å²) in [6.45, 7) is 0.651. The Hall–Kier alpha value is -3.39. The largest absolute Gasteiger partial charge is 0.465 e. The van der Waals surface area contributed by atoms with Gasteiger partial charge in [-0.05, 0) is 49.8 Å². The summed E-state index contributed by atoms with van der Waals surface area (Å²) in [7, 11) is 0. The number of carbonyl (C=O) groups is 3. The molecule has 5 N–H and O–H groups in total. The monoisotopic (exact) mass is 586 g/mol. The van der Waals surface area contributed by atoms with Crippen molar-refractivity contribution in [2.24, 2.45) is 0 Å². The Morgan fingerprint density at radius 2 is 1.76 bits per heavy atom. The molecule has 0 aromatic heterocycles. The smallest absolute Gasteiger partial charge is 0.328 e. The van der Waals surface area contributed by atoms with Gasteiger partial charge in [0.25, 0.3) is 0 Å². The first kappa shape index (κ1) is 31.5. The molecular formula is C30H38N2O10. The summed E-state index contributed by atoms with van der Waals surface area (Å²) in [5.41, 5.74) is 2.34. The second-order valence-corrected chi connectivity index (χ2v) is 10.3. The van der Waals surface area contributed by atoms with Gasteiger partial charge in [-0.3, -0.25) is 24.6 Å². The number of esters is 2. The van der Waals surface area contributed by atoms with Crippen molar-refractivity contribution in [1.29, 1.82) is 0 Å². The minimum absolute atomic E-state index is 0.183. The van der Waals surface area contributed by atoms with Crippen LogP contribution in [-0.2, 0) is 41.4 Å². The third-order valence-corrected chi connectivity index (χ3v) is 7.47. The molecule has 2 aromatic carbocycles. The number of hydrogen-bond acceptors (Lipinski definition) is 11. The van der Waals surface area contributed by atoms with Crippen LogP contribution in [0.3, 0.4) is 0 Å². The molecular weight excluding hydrogens is 548 g/mol. The molecule has 2 heterocycles. The van der Waals surface area contributed by atoms with Gasteiger partial charge in [0.2, 0.25) is 12.2 Å². The maximum Gasteiger partial charge on any atom is 0.328 e. The summed E-state index contributed by atoms with van der Waals surface area (Å²) < 4.78 is 15.8. The van der Waals surface area contributed by atoms with Crippen LogP contribution >= 0.6 is 0 Å². The van der Waals surface area contributed by atoms with E-state index in [9.17, 15) is 34.8 Å². The number of aliphatic hydroxyl groups excluding tert-OH is 4. The summed E-state index contributed by atoms with van der Waals surface area (Å²) in [6, 6.07) is 15.1. The number of amides is 1. The van der Waals surface area contributed by atoms with Gasteiger partial charge in [0, 0.05) is 5.69 Å². The maximum atomic E-state index is 13.9. The first-order valence-electron chi connectivity index (χ1n) is 14.1. The quantitative estimate of drug-likeness (QED) is 0.221. The van der Waals surface area contributed by atoms with Crippen molar-refractivity contribution in [3.63, 3.8) is 0 Å². The number of benzene rings is 2. The van der Waals surface area contributed by atoms with Crippen LogP contribution < -0.4 is 10.2 Å². The molecule has 228 valence electrons. The van der Waals surface area contributed by atoms with Crippen molar-refractivity contribution in [3.8, 4) is 0 Å². The number of carbonyl (C=O) groups excluding carboxylic acids is 3. The molecule has 1 saturated heterocycles. The lowest BCUT2D eigenvalue weighted by Crippen LogP contribution is -2.60. The van der Waals surface area contributed by atoms with E-state index in [1.807, 2.05) is 42.5 Å². The van der Waals surface area contributed by atoms with Gasteiger partial charge in [-0.2, -0.15) is 0 Å².